The van der Waals surface area contributed by atoms with E-state index in [1.54, 1.807) is 0 Å². The monoisotopic (exact) mass is 407 g/mol. The summed E-state index contributed by atoms with van der Waals surface area (Å²) in [5, 5.41) is 3.78. The Morgan fingerprint density at radius 3 is 2.72 bits per heavy atom. The Hall–Kier alpha value is -2.80. The van der Waals surface area contributed by atoms with Gasteiger partial charge in [-0.25, -0.2) is 4.98 Å². The minimum absolute atomic E-state index is 0.276. The number of benzene rings is 1. The van der Waals surface area contributed by atoms with Gasteiger partial charge in [-0.05, 0) is 61.4 Å². The second-order valence-corrected chi connectivity index (χ2v) is 7.79. The van der Waals surface area contributed by atoms with Crippen LogP contribution in [0.1, 0.15) is 38.1 Å². The second kappa shape index (κ2) is 10.1. The fraction of sp³-hybridized carbons (Fsp3) is 0.318. The molecule has 3 rings (SSSR count). The first-order chi connectivity index (χ1) is 14.1. The van der Waals surface area contributed by atoms with Crippen molar-refractivity contribution in [3.05, 3.63) is 59.5 Å². The van der Waals surface area contributed by atoms with Crippen LogP contribution in [0.5, 0.6) is 0 Å². The number of aromatic nitrogens is 3. The highest BCUT2D eigenvalue weighted by atomic mass is 32.2. The highest BCUT2D eigenvalue weighted by molar-refractivity contribution is 7.99. The van der Waals surface area contributed by atoms with Crippen LogP contribution in [0.3, 0.4) is 0 Å². The molecule has 2 heterocycles. The molecule has 0 aliphatic carbocycles. The molecule has 0 bridgehead atoms. The van der Waals surface area contributed by atoms with Crippen molar-refractivity contribution in [3.8, 4) is 0 Å². The molecular formula is C22H25N5OS. The number of aryl methyl sites for hydroxylation is 1. The van der Waals surface area contributed by atoms with Gasteiger partial charge in [0.15, 0.2) is 5.16 Å². The molecule has 0 saturated carbocycles. The Balaban J connectivity index is 1.66. The van der Waals surface area contributed by atoms with Gasteiger partial charge in [0.1, 0.15) is 17.4 Å². The molecule has 0 spiro atoms. The van der Waals surface area contributed by atoms with Gasteiger partial charge >= 0.3 is 0 Å². The highest BCUT2D eigenvalue weighted by Crippen LogP contribution is 2.26. The number of allylic oxidation sites excluding steroid dienone is 1. The third kappa shape index (κ3) is 6.35. The zero-order valence-corrected chi connectivity index (χ0v) is 17.8. The van der Waals surface area contributed by atoms with E-state index in [0.29, 0.717) is 36.3 Å². The summed E-state index contributed by atoms with van der Waals surface area (Å²) in [6.45, 7) is 6.51. The Morgan fingerprint density at radius 1 is 1.21 bits per heavy atom. The second-order valence-electron chi connectivity index (χ2n) is 6.75. The molecule has 7 heteroatoms. The van der Waals surface area contributed by atoms with E-state index >= 15 is 0 Å². The number of Topliss-reactive ketones (excluding diaryl/α,β-unsaturated/α-hetero) is 1. The molecule has 1 N–H and O–H groups in total. The Morgan fingerprint density at radius 2 is 2.00 bits per heavy atom. The van der Waals surface area contributed by atoms with Crippen LogP contribution in [-0.2, 0) is 11.2 Å². The molecule has 1 aliphatic heterocycles. The molecule has 0 atom stereocenters. The summed E-state index contributed by atoms with van der Waals surface area (Å²) in [5.74, 6) is 2.15. The molecule has 0 radical (unpaired) electrons. The Kier molecular flexibility index (Phi) is 7.30. The molecule has 0 fully saturated rings. The van der Waals surface area contributed by atoms with Crippen molar-refractivity contribution in [3.63, 3.8) is 0 Å². The van der Waals surface area contributed by atoms with Crippen molar-refractivity contribution < 1.29 is 4.79 Å². The molecule has 1 aromatic heterocycles. The van der Waals surface area contributed by atoms with E-state index in [0.717, 1.165) is 28.3 Å². The van der Waals surface area contributed by atoms with Crippen molar-refractivity contribution >= 4 is 29.3 Å². The third-order valence-electron chi connectivity index (χ3n) is 4.16. The van der Waals surface area contributed by atoms with Crippen LogP contribution in [0.25, 0.3) is 0 Å². The summed E-state index contributed by atoms with van der Waals surface area (Å²) in [4.78, 5) is 30.6. The largest absolute Gasteiger partial charge is 0.309 e. The number of anilines is 1. The van der Waals surface area contributed by atoms with Gasteiger partial charge in [-0.3, -0.25) is 9.79 Å². The lowest BCUT2D eigenvalue weighted by Crippen LogP contribution is -2.12. The summed E-state index contributed by atoms with van der Waals surface area (Å²) in [6.07, 6.45) is 8.04. The number of ketones is 1. The fourth-order valence-electron chi connectivity index (χ4n) is 2.88. The smallest absolute Gasteiger partial charge is 0.232 e. The van der Waals surface area contributed by atoms with Crippen molar-refractivity contribution in [2.24, 2.45) is 4.99 Å². The first-order valence-corrected chi connectivity index (χ1v) is 10.5. The van der Waals surface area contributed by atoms with Gasteiger partial charge in [0, 0.05) is 17.7 Å². The minimum Gasteiger partial charge on any atom is -0.309 e. The summed E-state index contributed by atoms with van der Waals surface area (Å²) in [6, 6.07) is 7.98. The third-order valence-corrected chi connectivity index (χ3v) is 5.04. The Labute approximate surface area is 175 Å². The lowest BCUT2D eigenvalue weighted by Gasteiger charge is -2.07. The highest BCUT2D eigenvalue weighted by Gasteiger charge is 2.11. The normalized spacial score (nSPS) is 13.5. The van der Waals surface area contributed by atoms with Gasteiger partial charge in [0.2, 0.25) is 5.95 Å². The van der Waals surface area contributed by atoms with Crippen molar-refractivity contribution in [1.82, 2.24) is 15.0 Å². The van der Waals surface area contributed by atoms with Crippen LogP contribution in [0.15, 0.2) is 63.1 Å². The number of nitrogens with one attached hydrogen (secondary N) is 1. The maximum atomic E-state index is 11.8. The summed E-state index contributed by atoms with van der Waals surface area (Å²) < 4.78 is 0. The first-order valence-electron chi connectivity index (χ1n) is 9.71. The summed E-state index contributed by atoms with van der Waals surface area (Å²) >= 11 is 1.47. The molecule has 1 aliphatic rings. The zero-order chi connectivity index (χ0) is 20.6. The molecule has 0 saturated heterocycles. The number of nitrogens with zero attached hydrogens (tertiary/aromatic N) is 4. The molecule has 150 valence electrons. The molecule has 0 unspecified atom stereocenters. The zero-order valence-electron chi connectivity index (χ0n) is 17.0. The number of hydrogen-bond donors (Lipinski definition) is 1. The van der Waals surface area contributed by atoms with Crippen LogP contribution < -0.4 is 5.32 Å². The van der Waals surface area contributed by atoms with E-state index < -0.39 is 0 Å². The lowest BCUT2D eigenvalue weighted by atomic mass is 10.1. The van der Waals surface area contributed by atoms with Gasteiger partial charge in [-0.1, -0.05) is 31.2 Å². The van der Waals surface area contributed by atoms with E-state index in [1.807, 2.05) is 63.3 Å². The van der Waals surface area contributed by atoms with E-state index in [1.165, 1.54) is 11.8 Å². The van der Waals surface area contributed by atoms with Gasteiger partial charge in [0.05, 0.1) is 6.54 Å². The van der Waals surface area contributed by atoms with Gasteiger partial charge in [0.25, 0.3) is 0 Å². The standard InChI is InChI=1S/C22H25N5OS/c1-4-6-17-13-20(23-14-17)26-21-24-15(3)25-22(27-21)29-19-10-8-16(9-11-19)12-18(28)7-5-2/h4,6,8-11,13H,5,7,12,14H2,1-3H3,(H,23,24,25,26,27)/b6-4+. The van der Waals surface area contributed by atoms with Crippen LogP contribution in [0.4, 0.5) is 5.95 Å². The maximum Gasteiger partial charge on any atom is 0.232 e. The van der Waals surface area contributed by atoms with Crippen molar-refractivity contribution in [2.45, 2.75) is 50.1 Å². The SMILES string of the molecule is C/C=C/C1=CC(Nc2nc(C)nc(Sc3ccc(CC(=O)CCC)cc3)n2)=NC1. The van der Waals surface area contributed by atoms with Crippen LogP contribution in [-0.4, -0.2) is 33.1 Å². The number of aliphatic imine (C=N–C) groups is 1. The van der Waals surface area contributed by atoms with E-state index in [2.05, 4.69) is 25.3 Å². The number of carbonyl (C=O) groups is 1. The van der Waals surface area contributed by atoms with Crippen LogP contribution >= 0.6 is 11.8 Å². The number of rotatable bonds is 8. The predicted molar refractivity (Wildman–Crippen MR) is 118 cm³/mol. The fourth-order valence-corrected chi connectivity index (χ4v) is 3.68. The molecule has 29 heavy (non-hydrogen) atoms. The molecule has 0 amide bonds. The first kappa shape index (κ1) is 20.9. The molecule has 1 aromatic carbocycles. The van der Waals surface area contributed by atoms with Crippen LogP contribution in [0, 0.1) is 6.92 Å². The van der Waals surface area contributed by atoms with Crippen LogP contribution in [0.2, 0.25) is 0 Å². The number of amidine groups is 1. The van der Waals surface area contributed by atoms with E-state index in [-0.39, 0.29) is 5.78 Å². The predicted octanol–water partition coefficient (Wildman–Crippen LogP) is 4.57. The number of hydrogen-bond acceptors (Lipinski definition) is 7. The number of carbonyl (C=O) groups excluding carboxylic acids is 1. The van der Waals surface area contributed by atoms with Gasteiger partial charge in [-0.15, -0.1) is 0 Å². The topological polar surface area (TPSA) is 80.1 Å². The average molecular weight is 408 g/mol. The average Bonchev–Trinajstić information content (AvgIpc) is 3.10. The Bertz CT molecular complexity index is 964. The quantitative estimate of drug-likeness (QED) is 0.690. The molecule has 2 aromatic rings. The van der Waals surface area contributed by atoms with E-state index in [9.17, 15) is 4.79 Å². The van der Waals surface area contributed by atoms with E-state index in [4.69, 9.17) is 0 Å². The maximum absolute atomic E-state index is 11.8. The summed E-state index contributed by atoms with van der Waals surface area (Å²) in [7, 11) is 0. The summed E-state index contributed by atoms with van der Waals surface area (Å²) in [5.41, 5.74) is 2.18. The van der Waals surface area contributed by atoms with Gasteiger partial charge < -0.3 is 5.32 Å². The van der Waals surface area contributed by atoms with Gasteiger partial charge in [-0.2, -0.15) is 9.97 Å². The minimum atomic E-state index is 0.276. The van der Waals surface area contributed by atoms with Crippen molar-refractivity contribution in [2.75, 3.05) is 11.9 Å². The van der Waals surface area contributed by atoms with Crippen molar-refractivity contribution in [1.29, 1.82) is 0 Å². The molecule has 6 nitrogen and oxygen atoms in total. The molecular weight excluding hydrogens is 382 g/mol. The lowest BCUT2D eigenvalue weighted by molar-refractivity contribution is -0.118.